The van der Waals surface area contributed by atoms with E-state index in [0.717, 1.165) is 5.92 Å². The molecule has 1 unspecified atom stereocenters. The molecule has 0 rings (SSSR count). The van der Waals surface area contributed by atoms with Crippen LogP contribution in [0.25, 0.3) is 0 Å². The zero-order chi connectivity index (χ0) is 36.8. The highest BCUT2D eigenvalue weighted by Crippen LogP contribution is 2.20. The van der Waals surface area contributed by atoms with Crippen molar-refractivity contribution in [3.05, 3.63) is 0 Å². The van der Waals surface area contributed by atoms with Crippen LogP contribution in [0.5, 0.6) is 0 Å². The normalized spacial score (nSPS) is 12.3. The number of unbranched alkanes of at least 4 members (excludes halogenated alkanes) is 43. The molecule has 0 heterocycles. The van der Waals surface area contributed by atoms with Gasteiger partial charge in [0, 0.05) is 0 Å². The lowest BCUT2D eigenvalue weighted by molar-refractivity contribution is 0.429. The van der Waals surface area contributed by atoms with Gasteiger partial charge in [0.25, 0.3) is 0 Å². The average Bonchev–Trinajstić information content (AvgIpc) is 3.14. The van der Waals surface area contributed by atoms with Crippen molar-refractivity contribution in [3.8, 4) is 0 Å². The summed E-state index contributed by atoms with van der Waals surface area (Å²) in [6.45, 7) is 7.15. The Morgan fingerprint density at radius 3 is 0.431 bits per heavy atom. The van der Waals surface area contributed by atoms with Gasteiger partial charge in [-0.1, -0.05) is 323 Å². The van der Waals surface area contributed by atoms with Crippen molar-refractivity contribution in [2.45, 2.75) is 323 Å². The Morgan fingerprint density at radius 1 is 0.176 bits per heavy atom. The van der Waals surface area contributed by atoms with Crippen LogP contribution >= 0.6 is 0 Å². The fourth-order valence-corrected chi connectivity index (χ4v) is 8.52. The van der Waals surface area contributed by atoms with E-state index in [0.29, 0.717) is 0 Å². The maximum atomic E-state index is 2.52. The molecule has 0 aromatic carbocycles. The molecule has 0 heteroatoms. The molecule has 0 saturated heterocycles. The van der Waals surface area contributed by atoms with Crippen molar-refractivity contribution in [1.82, 2.24) is 0 Å². The Labute approximate surface area is 327 Å². The third-order valence-electron chi connectivity index (χ3n) is 12.4. The van der Waals surface area contributed by atoms with Gasteiger partial charge in [0.1, 0.15) is 0 Å². The average molecular weight is 717 g/mol. The summed E-state index contributed by atoms with van der Waals surface area (Å²) in [5, 5.41) is 0. The van der Waals surface area contributed by atoms with Gasteiger partial charge in [0.05, 0.1) is 0 Å². The lowest BCUT2D eigenvalue weighted by Gasteiger charge is -2.11. The second kappa shape index (κ2) is 48.0. The van der Waals surface area contributed by atoms with Gasteiger partial charge in [0.15, 0.2) is 0 Å². The van der Waals surface area contributed by atoms with Crippen LogP contribution in [0.4, 0.5) is 0 Å². The summed E-state index contributed by atoms with van der Waals surface area (Å²) >= 11 is 0. The van der Waals surface area contributed by atoms with Crippen molar-refractivity contribution in [2.24, 2.45) is 5.92 Å². The lowest BCUT2D eigenvalue weighted by Crippen LogP contribution is -1.95. The van der Waals surface area contributed by atoms with E-state index < -0.39 is 0 Å². The van der Waals surface area contributed by atoms with E-state index in [9.17, 15) is 0 Å². The van der Waals surface area contributed by atoms with Crippen molar-refractivity contribution < 1.29 is 0 Å². The van der Waals surface area contributed by atoms with Crippen molar-refractivity contribution in [1.29, 1.82) is 0 Å². The van der Waals surface area contributed by atoms with E-state index in [1.807, 2.05) is 0 Å². The van der Waals surface area contributed by atoms with Gasteiger partial charge in [0.2, 0.25) is 0 Å². The smallest absolute Gasteiger partial charge is 0.0443 e. The first-order chi connectivity index (χ1) is 25.3. The predicted octanol–water partition coefficient (Wildman–Crippen LogP) is 20.0. The Bertz CT molecular complexity index is 564. The molecule has 0 aliphatic carbocycles. The van der Waals surface area contributed by atoms with Gasteiger partial charge >= 0.3 is 0 Å². The van der Waals surface area contributed by atoms with Crippen LogP contribution in [0.1, 0.15) is 323 Å². The molecule has 1 atom stereocenters. The van der Waals surface area contributed by atoms with Crippen LogP contribution in [0.2, 0.25) is 0 Å². The van der Waals surface area contributed by atoms with Crippen LogP contribution in [0.3, 0.4) is 0 Å². The minimum Gasteiger partial charge on any atom is -0.0654 e. The summed E-state index contributed by atoms with van der Waals surface area (Å²) < 4.78 is 0. The fourth-order valence-electron chi connectivity index (χ4n) is 8.52. The largest absolute Gasteiger partial charge is 0.0654 e. The van der Waals surface area contributed by atoms with E-state index in [1.165, 1.54) is 302 Å². The SMILES string of the molecule is CCCCCCCCCCCCCCCCCCCCCCCCCCCCC(C)CCCCCCCCCCCCCCCCCCCCC. The summed E-state index contributed by atoms with van der Waals surface area (Å²) in [5.41, 5.74) is 0. The highest BCUT2D eigenvalue weighted by Gasteiger charge is 2.03. The molecular weight excluding hydrogens is 613 g/mol. The third kappa shape index (κ3) is 48.0. The first kappa shape index (κ1) is 51.0. The molecule has 0 aromatic rings. The van der Waals surface area contributed by atoms with E-state index in [1.54, 1.807) is 0 Å². The highest BCUT2D eigenvalue weighted by atomic mass is 14.1. The van der Waals surface area contributed by atoms with Crippen LogP contribution in [0, 0.1) is 5.92 Å². The molecule has 0 aliphatic rings. The summed E-state index contributed by atoms with van der Waals surface area (Å²) in [6.07, 6.45) is 69.7. The summed E-state index contributed by atoms with van der Waals surface area (Å²) in [4.78, 5) is 0. The summed E-state index contributed by atoms with van der Waals surface area (Å²) in [6, 6.07) is 0. The van der Waals surface area contributed by atoms with Gasteiger partial charge < -0.3 is 0 Å². The Morgan fingerprint density at radius 2 is 0.294 bits per heavy atom. The quantitative estimate of drug-likeness (QED) is 0.0550. The summed E-state index contributed by atoms with van der Waals surface area (Å²) in [5.74, 6) is 0.963. The second-order valence-electron chi connectivity index (χ2n) is 17.9. The van der Waals surface area contributed by atoms with Crippen LogP contribution in [-0.2, 0) is 0 Å². The van der Waals surface area contributed by atoms with Gasteiger partial charge in [-0.05, 0) is 5.92 Å². The number of hydrogen-bond donors (Lipinski definition) is 0. The highest BCUT2D eigenvalue weighted by molar-refractivity contribution is 4.57. The van der Waals surface area contributed by atoms with Crippen molar-refractivity contribution >= 4 is 0 Å². The predicted molar refractivity (Wildman–Crippen MR) is 238 cm³/mol. The van der Waals surface area contributed by atoms with Crippen LogP contribution in [0.15, 0.2) is 0 Å². The van der Waals surface area contributed by atoms with E-state index in [4.69, 9.17) is 0 Å². The molecule has 0 aliphatic heterocycles. The zero-order valence-corrected chi connectivity index (χ0v) is 36.8. The van der Waals surface area contributed by atoms with Gasteiger partial charge in [-0.3, -0.25) is 0 Å². The molecule has 0 nitrogen and oxygen atoms in total. The summed E-state index contributed by atoms with van der Waals surface area (Å²) in [7, 11) is 0. The van der Waals surface area contributed by atoms with Crippen molar-refractivity contribution in [3.63, 3.8) is 0 Å². The Kier molecular flexibility index (Phi) is 48.0. The molecule has 0 bridgehead atoms. The topological polar surface area (TPSA) is 0 Å². The molecule has 0 fully saturated rings. The monoisotopic (exact) mass is 717 g/mol. The van der Waals surface area contributed by atoms with Gasteiger partial charge in [-0.25, -0.2) is 0 Å². The van der Waals surface area contributed by atoms with E-state index in [-0.39, 0.29) is 0 Å². The third-order valence-corrected chi connectivity index (χ3v) is 12.4. The van der Waals surface area contributed by atoms with Crippen molar-refractivity contribution in [2.75, 3.05) is 0 Å². The maximum Gasteiger partial charge on any atom is -0.0443 e. The minimum atomic E-state index is 0.963. The first-order valence-corrected chi connectivity index (χ1v) is 25.3. The maximum absolute atomic E-state index is 2.52. The molecule has 0 radical (unpaired) electrons. The lowest BCUT2D eigenvalue weighted by atomic mass is 9.95. The van der Waals surface area contributed by atoms with Crippen LogP contribution < -0.4 is 0 Å². The number of rotatable bonds is 47. The number of hydrogen-bond acceptors (Lipinski definition) is 0. The molecule has 0 spiro atoms. The zero-order valence-electron chi connectivity index (χ0n) is 36.8. The molecule has 0 aromatic heterocycles. The van der Waals surface area contributed by atoms with Crippen LogP contribution in [-0.4, -0.2) is 0 Å². The molecular formula is C51H104. The van der Waals surface area contributed by atoms with Gasteiger partial charge in [-0.2, -0.15) is 0 Å². The molecule has 0 amide bonds. The fraction of sp³-hybridized carbons (Fsp3) is 1.00. The first-order valence-electron chi connectivity index (χ1n) is 25.3. The molecule has 0 N–H and O–H groups in total. The van der Waals surface area contributed by atoms with E-state index in [2.05, 4.69) is 20.8 Å². The minimum absolute atomic E-state index is 0.963. The molecule has 51 heavy (non-hydrogen) atoms. The van der Waals surface area contributed by atoms with E-state index >= 15 is 0 Å². The second-order valence-corrected chi connectivity index (χ2v) is 17.9. The standard InChI is InChI=1S/C51H104/c1-4-6-8-10-12-14-16-18-20-22-24-25-26-27-28-29-30-32-34-36-38-40-42-44-46-48-50-51(3)49-47-45-43-41-39-37-35-33-31-23-21-19-17-15-13-11-9-7-5-2/h51H,4-50H2,1-3H3. The molecule has 308 valence electrons. The Hall–Kier alpha value is 0. The molecule has 0 saturated carbocycles. The van der Waals surface area contributed by atoms with Gasteiger partial charge in [-0.15, -0.1) is 0 Å². The Balaban J connectivity index is 3.13.